The van der Waals surface area contributed by atoms with Crippen molar-refractivity contribution >= 4 is 22.9 Å². The van der Waals surface area contributed by atoms with Crippen LogP contribution in [-0.2, 0) is 11.3 Å². The molecule has 0 saturated carbocycles. The molecular weight excluding hydrogens is 206 g/mol. The molecule has 0 atom stereocenters. The standard InChI is InChI=1S/C9H12ClNOS/c1-2-12-6-5-11-7-8-3-4-9(10)13-8/h2-4,11H,1,5-7H2. The van der Waals surface area contributed by atoms with Gasteiger partial charge in [-0.15, -0.1) is 11.3 Å². The number of thiophene rings is 1. The molecule has 0 aliphatic rings. The summed E-state index contributed by atoms with van der Waals surface area (Å²) < 4.78 is 5.79. The number of rotatable bonds is 6. The molecule has 0 aliphatic heterocycles. The molecule has 0 spiro atoms. The highest BCUT2D eigenvalue weighted by molar-refractivity contribution is 7.16. The number of halogens is 1. The Morgan fingerprint density at radius 2 is 2.46 bits per heavy atom. The number of ether oxygens (including phenoxy) is 1. The monoisotopic (exact) mass is 217 g/mol. The Hall–Kier alpha value is -0.510. The Balaban J connectivity index is 2.09. The Morgan fingerprint density at radius 3 is 3.08 bits per heavy atom. The SMILES string of the molecule is C=COCCNCc1ccc(Cl)s1. The van der Waals surface area contributed by atoms with Crippen LogP contribution >= 0.6 is 22.9 Å². The van der Waals surface area contributed by atoms with E-state index >= 15 is 0 Å². The molecule has 1 aromatic rings. The lowest BCUT2D eigenvalue weighted by molar-refractivity contribution is 0.250. The minimum absolute atomic E-state index is 0.655. The molecule has 0 aliphatic carbocycles. The van der Waals surface area contributed by atoms with Crippen LogP contribution in [0.25, 0.3) is 0 Å². The number of hydrogen-bond donors (Lipinski definition) is 1. The smallest absolute Gasteiger partial charge is 0.0997 e. The molecule has 4 heteroatoms. The summed E-state index contributed by atoms with van der Waals surface area (Å²) in [6.45, 7) is 5.78. The van der Waals surface area contributed by atoms with E-state index in [2.05, 4.69) is 11.9 Å². The first-order valence-corrected chi connectivity index (χ1v) is 5.20. The maximum absolute atomic E-state index is 5.78. The second kappa shape index (κ2) is 6.02. The number of hydrogen-bond acceptors (Lipinski definition) is 3. The van der Waals surface area contributed by atoms with E-state index in [1.165, 1.54) is 11.1 Å². The van der Waals surface area contributed by atoms with Gasteiger partial charge in [0.25, 0.3) is 0 Å². The first-order chi connectivity index (χ1) is 6.33. The van der Waals surface area contributed by atoms with E-state index in [0.29, 0.717) is 6.61 Å². The van der Waals surface area contributed by atoms with Crippen LogP contribution in [0.5, 0.6) is 0 Å². The van der Waals surface area contributed by atoms with Crippen molar-refractivity contribution in [3.63, 3.8) is 0 Å². The van der Waals surface area contributed by atoms with Crippen molar-refractivity contribution in [2.45, 2.75) is 6.54 Å². The summed E-state index contributed by atoms with van der Waals surface area (Å²) in [5, 5.41) is 3.23. The van der Waals surface area contributed by atoms with Crippen LogP contribution in [0.4, 0.5) is 0 Å². The van der Waals surface area contributed by atoms with Crippen molar-refractivity contribution < 1.29 is 4.74 Å². The van der Waals surface area contributed by atoms with Crippen molar-refractivity contribution in [3.8, 4) is 0 Å². The second-order valence-corrected chi connectivity index (χ2v) is 4.22. The first-order valence-electron chi connectivity index (χ1n) is 4.00. The maximum Gasteiger partial charge on any atom is 0.0997 e. The molecule has 0 unspecified atom stereocenters. The van der Waals surface area contributed by atoms with Crippen molar-refractivity contribution in [3.05, 3.63) is 34.2 Å². The van der Waals surface area contributed by atoms with Crippen LogP contribution in [-0.4, -0.2) is 13.2 Å². The van der Waals surface area contributed by atoms with Crippen molar-refractivity contribution in [2.24, 2.45) is 0 Å². The van der Waals surface area contributed by atoms with Crippen LogP contribution in [0.2, 0.25) is 4.34 Å². The molecule has 72 valence electrons. The van der Waals surface area contributed by atoms with Crippen LogP contribution in [0.15, 0.2) is 25.0 Å². The Labute approximate surface area is 87.2 Å². The largest absolute Gasteiger partial charge is 0.500 e. The predicted molar refractivity (Wildman–Crippen MR) is 57.2 cm³/mol. The van der Waals surface area contributed by atoms with E-state index < -0.39 is 0 Å². The lowest BCUT2D eigenvalue weighted by Crippen LogP contribution is -2.17. The summed E-state index contributed by atoms with van der Waals surface area (Å²) in [5.41, 5.74) is 0. The highest BCUT2D eigenvalue weighted by Crippen LogP contribution is 2.20. The molecule has 0 radical (unpaired) electrons. The van der Waals surface area contributed by atoms with E-state index in [4.69, 9.17) is 16.3 Å². The fourth-order valence-corrected chi connectivity index (χ4v) is 1.93. The molecule has 13 heavy (non-hydrogen) atoms. The zero-order chi connectivity index (χ0) is 9.52. The predicted octanol–water partition coefficient (Wildman–Crippen LogP) is 2.65. The van der Waals surface area contributed by atoms with E-state index in [0.717, 1.165) is 17.4 Å². The highest BCUT2D eigenvalue weighted by atomic mass is 35.5. The molecule has 0 fully saturated rings. The van der Waals surface area contributed by atoms with Crippen molar-refractivity contribution in [1.29, 1.82) is 0 Å². The minimum atomic E-state index is 0.655. The van der Waals surface area contributed by atoms with Crippen LogP contribution in [0.1, 0.15) is 4.88 Å². The van der Waals surface area contributed by atoms with E-state index in [1.54, 1.807) is 11.3 Å². The maximum atomic E-state index is 5.78. The van der Waals surface area contributed by atoms with E-state index in [9.17, 15) is 0 Å². The molecule has 1 rings (SSSR count). The molecule has 0 aromatic carbocycles. The fraction of sp³-hybridized carbons (Fsp3) is 0.333. The minimum Gasteiger partial charge on any atom is -0.500 e. The summed E-state index contributed by atoms with van der Waals surface area (Å²) >= 11 is 7.37. The summed E-state index contributed by atoms with van der Waals surface area (Å²) in [6, 6.07) is 3.93. The topological polar surface area (TPSA) is 21.3 Å². The van der Waals surface area contributed by atoms with Crippen molar-refractivity contribution in [2.75, 3.05) is 13.2 Å². The van der Waals surface area contributed by atoms with Gasteiger partial charge in [-0.25, -0.2) is 0 Å². The van der Waals surface area contributed by atoms with Gasteiger partial charge in [0, 0.05) is 18.0 Å². The lowest BCUT2D eigenvalue weighted by atomic mass is 10.4. The molecule has 1 N–H and O–H groups in total. The van der Waals surface area contributed by atoms with Gasteiger partial charge in [0.15, 0.2) is 0 Å². The van der Waals surface area contributed by atoms with Crippen LogP contribution in [0, 0.1) is 0 Å². The fourth-order valence-electron chi connectivity index (χ4n) is 0.873. The van der Waals surface area contributed by atoms with Gasteiger partial charge in [0.05, 0.1) is 17.2 Å². The van der Waals surface area contributed by atoms with Gasteiger partial charge in [-0.3, -0.25) is 0 Å². The molecule has 0 amide bonds. The molecule has 0 bridgehead atoms. The lowest BCUT2D eigenvalue weighted by Gasteiger charge is -2.01. The van der Waals surface area contributed by atoms with Crippen LogP contribution in [0.3, 0.4) is 0 Å². The van der Waals surface area contributed by atoms with E-state index in [-0.39, 0.29) is 0 Å². The summed E-state index contributed by atoms with van der Waals surface area (Å²) in [4.78, 5) is 1.24. The average molecular weight is 218 g/mol. The molecule has 1 heterocycles. The van der Waals surface area contributed by atoms with E-state index in [1.807, 2.05) is 12.1 Å². The van der Waals surface area contributed by atoms with Crippen LogP contribution < -0.4 is 5.32 Å². The molecular formula is C9H12ClNOS. The van der Waals surface area contributed by atoms with Gasteiger partial charge < -0.3 is 10.1 Å². The van der Waals surface area contributed by atoms with Gasteiger partial charge in [-0.05, 0) is 12.1 Å². The Morgan fingerprint density at radius 1 is 1.62 bits per heavy atom. The third kappa shape index (κ3) is 4.31. The molecule has 2 nitrogen and oxygen atoms in total. The average Bonchev–Trinajstić information content (AvgIpc) is 2.51. The zero-order valence-electron chi connectivity index (χ0n) is 7.25. The third-order valence-corrected chi connectivity index (χ3v) is 2.67. The third-order valence-electron chi connectivity index (χ3n) is 1.44. The van der Waals surface area contributed by atoms with Gasteiger partial charge in [-0.1, -0.05) is 18.2 Å². The normalized spacial score (nSPS) is 9.92. The quantitative estimate of drug-likeness (QED) is 0.585. The molecule has 1 aromatic heterocycles. The van der Waals surface area contributed by atoms with Gasteiger partial charge in [0.2, 0.25) is 0 Å². The summed E-state index contributed by atoms with van der Waals surface area (Å²) in [6.07, 6.45) is 1.45. The molecule has 0 saturated heterocycles. The Bertz CT molecular complexity index is 262. The number of nitrogens with one attached hydrogen (secondary N) is 1. The summed E-state index contributed by atoms with van der Waals surface area (Å²) in [7, 11) is 0. The zero-order valence-corrected chi connectivity index (χ0v) is 8.83. The summed E-state index contributed by atoms with van der Waals surface area (Å²) in [5.74, 6) is 0. The first kappa shape index (κ1) is 10.6. The van der Waals surface area contributed by atoms with Gasteiger partial charge in [-0.2, -0.15) is 0 Å². The van der Waals surface area contributed by atoms with Gasteiger partial charge >= 0.3 is 0 Å². The van der Waals surface area contributed by atoms with Crippen molar-refractivity contribution in [1.82, 2.24) is 5.32 Å². The highest BCUT2D eigenvalue weighted by Gasteiger charge is 1.96. The van der Waals surface area contributed by atoms with Gasteiger partial charge in [0.1, 0.15) is 0 Å². The second-order valence-electron chi connectivity index (χ2n) is 2.42. The Kier molecular flexibility index (Phi) is 4.90.